The number of hydrogen-bond acceptors (Lipinski definition) is 7. The maximum Gasteiger partial charge on any atom is 0.416 e. The van der Waals surface area contributed by atoms with Crippen molar-refractivity contribution in [1.29, 1.82) is 0 Å². The molecule has 252 valence electrons. The minimum absolute atomic E-state index is 0.0161. The molecule has 7 nitrogen and oxygen atoms in total. The van der Waals surface area contributed by atoms with E-state index in [2.05, 4.69) is 10.3 Å². The van der Waals surface area contributed by atoms with Crippen LogP contribution in [0.15, 0.2) is 118 Å². The topological polar surface area (TPSA) is 79.8 Å². The first-order chi connectivity index (χ1) is 23.5. The average molecular weight is 681 g/mol. The molecule has 4 aromatic carbocycles. The number of aromatic nitrogens is 2. The van der Waals surface area contributed by atoms with E-state index < -0.39 is 23.5 Å². The Kier molecular flexibility index (Phi) is 9.72. The third-order valence-electron chi connectivity index (χ3n) is 7.23. The normalized spacial score (nSPS) is 11.9. The maximum atomic E-state index is 12.9. The highest BCUT2D eigenvalue weighted by Gasteiger charge is 2.31. The first-order valence-corrected chi connectivity index (χ1v) is 14.8. The number of nitrogens with zero attached hydrogens (tertiary/aromatic N) is 2. The van der Waals surface area contributed by atoms with Gasteiger partial charge in [-0.2, -0.15) is 26.3 Å². The first-order valence-electron chi connectivity index (χ1n) is 14.8. The molecular formula is C36H26F6N2O5. The molecule has 49 heavy (non-hydrogen) atoms. The van der Waals surface area contributed by atoms with Gasteiger partial charge in [-0.05, 0) is 83.9 Å². The zero-order valence-electron chi connectivity index (χ0n) is 25.4. The molecule has 2 heterocycles. The summed E-state index contributed by atoms with van der Waals surface area (Å²) in [5.74, 6) is 1.91. The van der Waals surface area contributed by atoms with Crippen molar-refractivity contribution in [3.63, 3.8) is 0 Å². The smallest absolute Gasteiger partial charge is 0.416 e. The van der Waals surface area contributed by atoms with Crippen LogP contribution in [0.3, 0.4) is 0 Å². The van der Waals surface area contributed by atoms with Gasteiger partial charge in [-0.15, -0.1) is 0 Å². The van der Waals surface area contributed by atoms with Crippen molar-refractivity contribution < 1.29 is 49.6 Å². The van der Waals surface area contributed by atoms with Crippen LogP contribution >= 0.6 is 0 Å². The van der Waals surface area contributed by atoms with Crippen LogP contribution in [0.5, 0.6) is 11.5 Å². The largest absolute Gasteiger partial charge is 0.489 e. The van der Waals surface area contributed by atoms with Crippen LogP contribution in [0, 0.1) is 0 Å². The van der Waals surface area contributed by atoms with E-state index in [1.54, 1.807) is 72.8 Å². The number of halogens is 6. The third-order valence-corrected chi connectivity index (χ3v) is 7.23. The Morgan fingerprint density at radius 1 is 0.490 bits per heavy atom. The van der Waals surface area contributed by atoms with Gasteiger partial charge in [0, 0.05) is 23.3 Å². The summed E-state index contributed by atoms with van der Waals surface area (Å²) in [5, 5.41) is 8.14. The van der Waals surface area contributed by atoms with Gasteiger partial charge in [0.2, 0.25) is 0 Å². The summed E-state index contributed by atoms with van der Waals surface area (Å²) in [6.07, 6.45) is -8.84. The molecule has 0 unspecified atom stereocenters. The zero-order chi connectivity index (χ0) is 34.4. The summed E-state index contributed by atoms with van der Waals surface area (Å²) in [6.45, 7) is 0.188. The van der Waals surface area contributed by atoms with Gasteiger partial charge in [-0.1, -0.05) is 34.6 Å². The van der Waals surface area contributed by atoms with Crippen LogP contribution in [0.1, 0.15) is 33.8 Å². The SMILES string of the molecule is FC(F)(F)c1cccc(COc2ccc(-c3cc(COCc4cc(-c5ccc(OCc6cccc(C(F)(F)F)c6)cc5)no4)on3)cc2)c1. The maximum absolute atomic E-state index is 12.9. The summed E-state index contributed by atoms with van der Waals surface area (Å²) in [6, 6.07) is 27.2. The van der Waals surface area contributed by atoms with Crippen LogP contribution in [0.2, 0.25) is 0 Å². The second-order valence-electron chi connectivity index (χ2n) is 10.9. The van der Waals surface area contributed by atoms with Crippen LogP contribution in [0.4, 0.5) is 26.3 Å². The predicted molar refractivity (Wildman–Crippen MR) is 164 cm³/mol. The molecule has 0 saturated carbocycles. The lowest BCUT2D eigenvalue weighted by Gasteiger charge is -2.10. The molecule has 0 aliphatic rings. The molecule has 2 aromatic heterocycles. The van der Waals surface area contributed by atoms with E-state index in [1.165, 1.54) is 12.1 Å². The first kappa shape index (κ1) is 33.3. The van der Waals surface area contributed by atoms with E-state index in [9.17, 15) is 26.3 Å². The standard InChI is InChI=1S/C36H26F6N2O5/c37-35(38,39)27-5-1-3-23(15-27)19-46-29-11-7-25(8-12-29)33-17-31(48-43-33)21-45-22-32-18-34(44-49-32)26-9-13-30(14-10-26)47-20-24-4-2-6-28(16-24)36(40,41)42/h1-18H,19-22H2. The summed E-state index contributed by atoms with van der Waals surface area (Å²) in [7, 11) is 0. The second kappa shape index (κ2) is 14.3. The highest BCUT2D eigenvalue weighted by molar-refractivity contribution is 5.60. The molecule has 0 N–H and O–H groups in total. The number of hydrogen-bond donors (Lipinski definition) is 0. The van der Waals surface area contributed by atoms with Crippen LogP contribution in [-0.2, 0) is 43.5 Å². The van der Waals surface area contributed by atoms with E-state index in [-0.39, 0.29) is 26.4 Å². The Morgan fingerprint density at radius 2 is 0.898 bits per heavy atom. The van der Waals surface area contributed by atoms with Crippen molar-refractivity contribution in [3.8, 4) is 34.0 Å². The molecule has 0 atom stereocenters. The van der Waals surface area contributed by atoms with Gasteiger partial charge in [0.15, 0.2) is 11.5 Å². The van der Waals surface area contributed by atoms with Gasteiger partial charge in [-0.25, -0.2) is 0 Å². The lowest BCUT2D eigenvalue weighted by molar-refractivity contribution is -0.138. The summed E-state index contributed by atoms with van der Waals surface area (Å²) < 4.78 is 105. The van der Waals surface area contributed by atoms with E-state index >= 15 is 0 Å². The Bertz CT molecular complexity index is 1840. The molecule has 13 heteroatoms. The zero-order valence-corrected chi connectivity index (χ0v) is 25.4. The Labute approximate surface area is 275 Å². The molecule has 0 saturated heterocycles. The van der Waals surface area contributed by atoms with Gasteiger partial charge in [-0.3, -0.25) is 0 Å². The molecule has 0 aliphatic heterocycles. The fourth-order valence-electron chi connectivity index (χ4n) is 4.74. The summed E-state index contributed by atoms with van der Waals surface area (Å²) >= 11 is 0. The number of rotatable bonds is 12. The van der Waals surface area contributed by atoms with Gasteiger partial charge in [0.05, 0.1) is 11.1 Å². The molecule has 0 aliphatic carbocycles. The minimum Gasteiger partial charge on any atom is -0.489 e. The lowest BCUT2D eigenvalue weighted by atomic mass is 10.1. The molecule has 0 amide bonds. The van der Waals surface area contributed by atoms with Crippen molar-refractivity contribution in [2.24, 2.45) is 0 Å². The van der Waals surface area contributed by atoms with Crippen LogP contribution in [-0.4, -0.2) is 10.3 Å². The van der Waals surface area contributed by atoms with E-state index in [4.69, 9.17) is 23.3 Å². The monoisotopic (exact) mass is 680 g/mol. The Morgan fingerprint density at radius 3 is 1.29 bits per heavy atom. The van der Waals surface area contributed by atoms with Gasteiger partial charge >= 0.3 is 12.4 Å². The molecule has 0 bridgehead atoms. The van der Waals surface area contributed by atoms with E-state index in [0.717, 1.165) is 35.4 Å². The fourth-order valence-corrected chi connectivity index (χ4v) is 4.74. The fraction of sp³-hybridized carbons (Fsp3) is 0.167. The number of benzene rings is 4. The van der Waals surface area contributed by atoms with E-state index in [0.29, 0.717) is 45.5 Å². The van der Waals surface area contributed by atoms with E-state index in [1.807, 2.05) is 0 Å². The Balaban J connectivity index is 0.956. The molecular weight excluding hydrogens is 654 g/mol. The molecule has 0 fully saturated rings. The number of ether oxygens (including phenoxy) is 3. The predicted octanol–water partition coefficient (Wildman–Crippen LogP) is 9.91. The molecule has 6 rings (SSSR count). The average Bonchev–Trinajstić information content (AvgIpc) is 3.77. The highest BCUT2D eigenvalue weighted by atomic mass is 19.4. The molecule has 0 radical (unpaired) electrons. The van der Waals surface area contributed by atoms with Crippen molar-refractivity contribution in [3.05, 3.63) is 143 Å². The van der Waals surface area contributed by atoms with Crippen LogP contribution in [0.25, 0.3) is 22.5 Å². The van der Waals surface area contributed by atoms with Gasteiger partial charge in [0.1, 0.15) is 49.3 Å². The van der Waals surface area contributed by atoms with Gasteiger partial charge < -0.3 is 23.3 Å². The quantitative estimate of drug-likeness (QED) is 0.119. The highest BCUT2D eigenvalue weighted by Crippen LogP contribution is 2.31. The van der Waals surface area contributed by atoms with Crippen molar-refractivity contribution in [2.45, 2.75) is 38.8 Å². The summed E-state index contributed by atoms with van der Waals surface area (Å²) in [5.41, 5.74) is 1.96. The van der Waals surface area contributed by atoms with Crippen molar-refractivity contribution in [2.75, 3.05) is 0 Å². The Hall–Kier alpha value is -5.56. The molecule has 6 aromatic rings. The minimum atomic E-state index is -4.42. The summed E-state index contributed by atoms with van der Waals surface area (Å²) in [4.78, 5) is 0. The third kappa shape index (κ3) is 8.87. The lowest BCUT2D eigenvalue weighted by Crippen LogP contribution is -2.06. The van der Waals surface area contributed by atoms with Gasteiger partial charge in [0.25, 0.3) is 0 Å². The number of alkyl halides is 6. The second-order valence-corrected chi connectivity index (χ2v) is 10.9. The molecule has 0 spiro atoms. The van der Waals surface area contributed by atoms with Crippen molar-refractivity contribution >= 4 is 0 Å². The van der Waals surface area contributed by atoms with Crippen molar-refractivity contribution in [1.82, 2.24) is 10.3 Å². The van der Waals surface area contributed by atoms with Crippen LogP contribution < -0.4 is 9.47 Å².